The van der Waals surface area contributed by atoms with E-state index in [0.29, 0.717) is 12.1 Å². The molecular formula is C19H16F6N2O2. The molecule has 2 aromatic rings. The van der Waals surface area contributed by atoms with Gasteiger partial charge in [0.2, 0.25) is 0 Å². The molecule has 1 amide bonds. The number of hydrogen-bond donors (Lipinski definition) is 3. The molecular weight excluding hydrogens is 402 g/mol. The van der Waals surface area contributed by atoms with Gasteiger partial charge in [-0.15, -0.1) is 0 Å². The van der Waals surface area contributed by atoms with Crippen LogP contribution in [0.4, 0.5) is 37.7 Å². The number of alkyl halides is 6. The number of anilines is 2. The minimum atomic E-state index is -6.03. The smallest absolute Gasteiger partial charge is 0.399 e. The zero-order valence-electron chi connectivity index (χ0n) is 14.9. The van der Waals surface area contributed by atoms with Crippen LogP contribution < -0.4 is 11.1 Å². The number of carbonyl (C=O) groups excluding carboxylic acids is 1. The molecule has 0 radical (unpaired) electrons. The molecule has 0 aliphatic heterocycles. The highest BCUT2D eigenvalue weighted by molar-refractivity contribution is 6.06. The van der Waals surface area contributed by atoms with Gasteiger partial charge in [-0.3, -0.25) is 4.79 Å². The zero-order chi connectivity index (χ0) is 22.2. The fourth-order valence-corrected chi connectivity index (χ4v) is 2.71. The monoisotopic (exact) mass is 418 g/mol. The maximum absolute atomic E-state index is 13.1. The average molecular weight is 418 g/mol. The second-order valence-corrected chi connectivity index (χ2v) is 6.25. The van der Waals surface area contributed by atoms with Crippen molar-refractivity contribution >= 4 is 23.4 Å². The largest absolute Gasteiger partial charge is 0.430 e. The van der Waals surface area contributed by atoms with Gasteiger partial charge in [0, 0.05) is 16.8 Å². The molecule has 0 atom stereocenters. The van der Waals surface area contributed by atoms with E-state index in [1.165, 1.54) is 31.2 Å². The van der Waals surface area contributed by atoms with E-state index in [0.717, 1.165) is 6.08 Å². The van der Waals surface area contributed by atoms with Crippen LogP contribution in [-0.2, 0) is 5.60 Å². The Morgan fingerprint density at radius 2 is 1.69 bits per heavy atom. The fraction of sp³-hybridized carbons (Fsp3) is 0.211. The summed E-state index contributed by atoms with van der Waals surface area (Å²) in [6.07, 6.45) is -11.1. The normalized spacial score (nSPS) is 12.6. The topological polar surface area (TPSA) is 75.3 Å². The number of halogens is 6. The maximum atomic E-state index is 13.1. The molecule has 156 valence electrons. The molecule has 4 N–H and O–H groups in total. The summed E-state index contributed by atoms with van der Waals surface area (Å²) >= 11 is 0. The molecule has 0 saturated carbocycles. The molecule has 0 aliphatic rings. The highest BCUT2D eigenvalue weighted by Gasteiger charge is 2.71. The SMILES string of the molecule is C=Cc1cc(C(O)(C(F)(F)F)C(F)(F)F)cc(C)c1NC(=O)c1cccc(N)c1. The summed E-state index contributed by atoms with van der Waals surface area (Å²) in [6, 6.07) is 6.80. The minimum Gasteiger partial charge on any atom is -0.399 e. The van der Waals surface area contributed by atoms with Crippen molar-refractivity contribution in [3.05, 3.63) is 65.2 Å². The van der Waals surface area contributed by atoms with Crippen LogP contribution >= 0.6 is 0 Å². The van der Waals surface area contributed by atoms with Gasteiger partial charge in [-0.25, -0.2) is 0 Å². The Bertz CT molecular complexity index is 937. The first-order valence-corrected chi connectivity index (χ1v) is 8.02. The van der Waals surface area contributed by atoms with Crippen LogP contribution in [0.3, 0.4) is 0 Å². The van der Waals surface area contributed by atoms with Crippen LogP contribution in [0.15, 0.2) is 43.0 Å². The van der Waals surface area contributed by atoms with E-state index in [2.05, 4.69) is 11.9 Å². The van der Waals surface area contributed by atoms with Crippen molar-refractivity contribution in [2.24, 2.45) is 0 Å². The Morgan fingerprint density at radius 3 is 2.17 bits per heavy atom. The zero-order valence-corrected chi connectivity index (χ0v) is 14.9. The minimum absolute atomic E-state index is 0.0529. The molecule has 2 aromatic carbocycles. The van der Waals surface area contributed by atoms with Crippen LogP contribution in [-0.4, -0.2) is 23.4 Å². The number of aryl methyl sites for hydroxylation is 1. The van der Waals surface area contributed by atoms with Crippen molar-refractivity contribution in [1.29, 1.82) is 0 Å². The number of benzene rings is 2. The van der Waals surface area contributed by atoms with Crippen molar-refractivity contribution in [2.45, 2.75) is 24.9 Å². The third kappa shape index (κ3) is 4.07. The standard InChI is InChI=1S/C19H16F6N2O2/c1-3-11-8-13(17(29,18(20,21)22)19(23,24)25)7-10(2)15(11)27-16(28)12-5-4-6-14(26)9-12/h3-9,29H,1,26H2,2H3,(H,27,28). The van der Waals surface area contributed by atoms with E-state index in [1.54, 1.807) is 0 Å². The van der Waals surface area contributed by atoms with Gasteiger partial charge in [0.15, 0.2) is 0 Å². The lowest BCUT2D eigenvalue weighted by molar-refractivity contribution is -0.376. The van der Waals surface area contributed by atoms with E-state index < -0.39 is 29.4 Å². The third-order valence-electron chi connectivity index (χ3n) is 4.21. The Labute approximate surface area is 161 Å². The highest BCUT2D eigenvalue weighted by Crippen LogP contribution is 2.50. The summed E-state index contributed by atoms with van der Waals surface area (Å²) in [5, 5.41) is 12.0. The predicted octanol–water partition coefficient (Wildman–Crippen LogP) is 4.78. The lowest BCUT2D eigenvalue weighted by Gasteiger charge is -2.33. The molecule has 0 fully saturated rings. The number of aliphatic hydroxyl groups is 1. The van der Waals surface area contributed by atoms with Crippen molar-refractivity contribution in [3.63, 3.8) is 0 Å². The number of hydrogen-bond acceptors (Lipinski definition) is 3. The number of carbonyl (C=O) groups is 1. The quantitative estimate of drug-likeness (QED) is 0.494. The summed E-state index contributed by atoms with van der Waals surface area (Å²) in [4.78, 5) is 12.4. The third-order valence-corrected chi connectivity index (χ3v) is 4.21. The Kier molecular flexibility index (Phi) is 5.71. The number of nitrogen functional groups attached to an aromatic ring is 1. The highest BCUT2D eigenvalue weighted by atomic mass is 19.4. The lowest BCUT2D eigenvalue weighted by atomic mass is 9.88. The number of rotatable bonds is 4. The summed E-state index contributed by atoms with van der Waals surface area (Å²) in [5.74, 6) is -0.682. The second kappa shape index (κ2) is 7.43. The van der Waals surface area contributed by atoms with E-state index in [9.17, 15) is 36.2 Å². The number of amides is 1. The molecule has 0 unspecified atom stereocenters. The molecule has 0 aromatic heterocycles. The molecule has 10 heteroatoms. The van der Waals surface area contributed by atoms with Crippen molar-refractivity contribution < 1.29 is 36.2 Å². The first-order chi connectivity index (χ1) is 13.2. The van der Waals surface area contributed by atoms with Crippen LogP contribution in [0, 0.1) is 6.92 Å². The Morgan fingerprint density at radius 1 is 1.10 bits per heavy atom. The average Bonchev–Trinajstić information content (AvgIpc) is 2.60. The number of nitrogens with one attached hydrogen (secondary N) is 1. The van der Waals surface area contributed by atoms with Gasteiger partial charge < -0.3 is 16.2 Å². The van der Waals surface area contributed by atoms with Crippen LogP contribution in [0.25, 0.3) is 6.08 Å². The number of nitrogens with two attached hydrogens (primary N) is 1. The summed E-state index contributed by atoms with van der Waals surface area (Å²) in [6.45, 7) is 4.55. The van der Waals surface area contributed by atoms with E-state index in [-0.39, 0.29) is 28.1 Å². The molecule has 0 spiro atoms. The van der Waals surface area contributed by atoms with Gasteiger partial charge in [0.05, 0.1) is 5.69 Å². The van der Waals surface area contributed by atoms with Gasteiger partial charge in [0.1, 0.15) is 0 Å². The van der Waals surface area contributed by atoms with Gasteiger partial charge in [-0.1, -0.05) is 24.8 Å². The summed E-state index contributed by atoms with van der Waals surface area (Å²) in [5.41, 5.74) is -0.941. The van der Waals surface area contributed by atoms with E-state index in [4.69, 9.17) is 5.73 Å². The van der Waals surface area contributed by atoms with Gasteiger partial charge in [-0.2, -0.15) is 26.3 Å². The van der Waals surface area contributed by atoms with Gasteiger partial charge in [0.25, 0.3) is 11.5 Å². The van der Waals surface area contributed by atoms with Crippen molar-refractivity contribution in [1.82, 2.24) is 0 Å². The Balaban J connectivity index is 2.57. The molecule has 0 bridgehead atoms. The van der Waals surface area contributed by atoms with Crippen LogP contribution in [0.1, 0.15) is 27.0 Å². The molecule has 0 heterocycles. The lowest BCUT2D eigenvalue weighted by Crippen LogP contribution is -2.54. The molecule has 0 aliphatic carbocycles. The van der Waals surface area contributed by atoms with Gasteiger partial charge in [-0.05, 0) is 42.3 Å². The van der Waals surface area contributed by atoms with Crippen LogP contribution in [0.5, 0.6) is 0 Å². The maximum Gasteiger partial charge on any atom is 0.430 e. The van der Waals surface area contributed by atoms with Crippen LogP contribution in [0.2, 0.25) is 0 Å². The molecule has 0 saturated heterocycles. The Hall–Kier alpha value is -3.01. The first kappa shape index (κ1) is 22.3. The van der Waals surface area contributed by atoms with Crippen molar-refractivity contribution in [3.8, 4) is 0 Å². The fourth-order valence-electron chi connectivity index (χ4n) is 2.71. The van der Waals surface area contributed by atoms with E-state index in [1.807, 2.05) is 0 Å². The second-order valence-electron chi connectivity index (χ2n) is 6.25. The molecule has 2 rings (SSSR count). The first-order valence-electron chi connectivity index (χ1n) is 8.02. The van der Waals surface area contributed by atoms with Gasteiger partial charge >= 0.3 is 12.4 Å². The molecule has 4 nitrogen and oxygen atoms in total. The predicted molar refractivity (Wildman–Crippen MR) is 96.1 cm³/mol. The van der Waals surface area contributed by atoms with E-state index >= 15 is 0 Å². The van der Waals surface area contributed by atoms with Crippen molar-refractivity contribution in [2.75, 3.05) is 11.1 Å². The summed E-state index contributed by atoms with van der Waals surface area (Å²) < 4.78 is 78.9. The molecule has 29 heavy (non-hydrogen) atoms. The summed E-state index contributed by atoms with van der Waals surface area (Å²) in [7, 11) is 0.